The smallest absolute Gasteiger partial charge is 0.146 e. The molecule has 2 aliphatic rings. The first kappa shape index (κ1) is 22.0. The molecule has 3 atom stereocenters. The molecule has 1 unspecified atom stereocenters. The van der Waals surface area contributed by atoms with Gasteiger partial charge in [0.25, 0.3) is 0 Å². The van der Waals surface area contributed by atoms with Crippen molar-refractivity contribution < 1.29 is 18.3 Å². The molecule has 0 amide bonds. The number of para-hydroxylation sites is 1. The summed E-state index contributed by atoms with van der Waals surface area (Å²) in [7, 11) is 0. The SMILES string of the molecule is OC(CCCN1CC[C@H]2[C@H](C1)c1cc(F)ccc1N2c1ccccc1F)c1ccc(F)cc1. The lowest BCUT2D eigenvalue weighted by molar-refractivity contribution is 0.145. The standard InChI is InChI=1S/C27H27F3N2O/c28-19-9-7-18(8-10-19)27(33)6-3-14-31-15-13-25-22(17-31)21-16-20(29)11-12-24(21)32(25)26-5-2-1-4-23(26)30/h1-2,4-5,7-12,16,22,25,27,33H,3,6,13-15,17H2/t22-,25+,27?/m1/s1. The van der Waals surface area contributed by atoms with Crippen molar-refractivity contribution in [2.45, 2.75) is 37.3 Å². The fraction of sp³-hybridized carbons (Fsp3) is 0.333. The summed E-state index contributed by atoms with van der Waals surface area (Å²) >= 11 is 0. The van der Waals surface area contributed by atoms with Gasteiger partial charge in [-0.2, -0.15) is 0 Å². The van der Waals surface area contributed by atoms with Crippen LogP contribution in [0.5, 0.6) is 0 Å². The maximum atomic E-state index is 14.7. The Hall–Kier alpha value is -2.83. The first-order valence-corrected chi connectivity index (χ1v) is 11.5. The molecule has 0 spiro atoms. The van der Waals surface area contributed by atoms with Crippen LogP contribution < -0.4 is 4.90 Å². The summed E-state index contributed by atoms with van der Waals surface area (Å²) < 4.78 is 41.9. The predicted molar refractivity (Wildman–Crippen MR) is 123 cm³/mol. The highest BCUT2D eigenvalue weighted by atomic mass is 19.1. The third-order valence-electron chi connectivity index (χ3n) is 6.96. The number of hydrogen-bond acceptors (Lipinski definition) is 3. The lowest BCUT2D eigenvalue weighted by Gasteiger charge is -2.39. The number of halogens is 3. The largest absolute Gasteiger partial charge is 0.388 e. The number of anilines is 2. The minimum Gasteiger partial charge on any atom is -0.388 e. The number of likely N-dealkylation sites (tertiary alicyclic amines) is 1. The van der Waals surface area contributed by atoms with Gasteiger partial charge in [-0.05, 0) is 79.4 Å². The monoisotopic (exact) mass is 452 g/mol. The number of aliphatic hydroxyl groups excluding tert-OH is 1. The van der Waals surface area contributed by atoms with E-state index in [2.05, 4.69) is 4.90 Å². The molecule has 2 aliphatic heterocycles. The Morgan fingerprint density at radius 2 is 1.67 bits per heavy atom. The molecule has 1 N–H and O–H groups in total. The van der Waals surface area contributed by atoms with E-state index in [1.165, 1.54) is 24.3 Å². The van der Waals surface area contributed by atoms with Crippen molar-refractivity contribution in [2.24, 2.45) is 0 Å². The molecule has 0 radical (unpaired) electrons. The average molecular weight is 453 g/mol. The number of benzene rings is 3. The number of rotatable bonds is 6. The van der Waals surface area contributed by atoms with Gasteiger partial charge in [-0.15, -0.1) is 0 Å². The molecule has 33 heavy (non-hydrogen) atoms. The topological polar surface area (TPSA) is 26.7 Å². The molecule has 1 fully saturated rings. The van der Waals surface area contributed by atoms with Crippen molar-refractivity contribution in [3.05, 3.63) is 95.3 Å². The predicted octanol–water partition coefficient (Wildman–Crippen LogP) is 5.93. The zero-order valence-corrected chi connectivity index (χ0v) is 18.3. The van der Waals surface area contributed by atoms with Gasteiger partial charge in [0.05, 0.1) is 11.8 Å². The Balaban J connectivity index is 1.28. The molecule has 3 nitrogen and oxygen atoms in total. The van der Waals surface area contributed by atoms with Crippen molar-refractivity contribution >= 4 is 11.4 Å². The van der Waals surface area contributed by atoms with Crippen LogP contribution in [0.25, 0.3) is 0 Å². The lowest BCUT2D eigenvalue weighted by atomic mass is 9.88. The highest BCUT2D eigenvalue weighted by Gasteiger charge is 2.43. The van der Waals surface area contributed by atoms with Crippen LogP contribution >= 0.6 is 0 Å². The summed E-state index contributed by atoms with van der Waals surface area (Å²) in [5.41, 5.74) is 3.06. The summed E-state index contributed by atoms with van der Waals surface area (Å²) in [5, 5.41) is 10.4. The lowest BCUT2D eigenvalue weighted by Crippen LogP contribution is -2.45. The van der Waals surface area contributed by atoms with Gasteiger partial charge in [0.1, 0.15) is 17.5 Å². The number of hydrogen-bond donors (Lipinski definition) is 1. The highest BCUT2D eigenvalue weighted by Crippen LogP contribution is 2.49. The number of nitrogens with zero attached hydrogens (tertiary/aromatic N) is 2. The molecule has 0 saturated carbocycles. The van der Waals surface area contributed by atoms with Crippen LogP contribution in [0.2, 0.25) is 0 Å². The Bertz CT molecular complexity index is 1120. The van der Waals surface area contributed by atoms with Crippen LogP contribution in [0.1, 0.15) is 42.4 Å². The van der Waals surface area contributed by atoms with Crippen LogP contribution in [-0.4, -0.2) is 35.7 Å². The van der Waals surface area contributed by atoms with Crippen molar-refractivity contribution in [3.8, 4) is 0 Å². The fourth-order valence-corrected chi connectivity index (χ4v) is 5.36. The van der Waals surface area contributed by atoms with E-state index in [-0.39, 0.29) is 29.4 Å². The van der Waals surface area contributed by atoms with Crippen LogP contribution in [0.3, 0.4) is 0 Å². The molecular formula is C27H27F3N2O. The van der Waals surface area contributed by atoms with Gasteiger partial charge in [-0.1, -0.05) is 24.3 Å². The van der Waals surface area contributed by atoms with Gasteiger partial charge in [0, 0.05) is 30.7 Å². The van der Waals surface area contributed by atoms with Crippen LogP contribution in [-0.2, 0) is 0 Å². The summed E-state index contributed by atoms with van der Waals surface area (Å²) in [4.78, 5) is 4.39. The highest BCUT2D eigenvalue weighted by molar-refractivity contribution is 5.73. The molecular weight excluding hydrogens is 425 g/mol. The van der Waals surface area contributed by atoms with Gasteiger partial charge in [-0.25, -0.2) is 13.2 Å². The maximum absolute atomic E-state index is 14.7. The summed E-state index contributed by atoms with van der Waals surface area (Å²) in [5.74, 6) is -0.773. The molecule has 0 aliphatic carbocycles. The van der Waals surface area contributed by atoms with Gasteiger partial charge in [0.2, 0.25) is 0 Å². The van der Waals surface area contributed by atoms with Crippen molar-refractivity contribution in [2.75, 3.05) is 24.5 Å². The molecule has 3 aromatic carbocycles. The van der Waals surface area contributed by atoms with Crippen LogP contribution in [0.15, 0.2) is 66.7 Å². The fourth-order valence-electron chi connectivity index (χ4n) is 5.36. The minimum absolute atomic E-state index is 0.0831. The second-order valence-electron chi connectivity index (χ2n) is 9.00. The molecule has 172 valence electrons. The second kappa shape index (κ2) is 9.20. The number of piperidine rings is 1. The second-order valence-corrected chi connectivity index (χ2v) is 9.00. The number of fused-ring (bicyclic) bond motifs is 3. The van der Waals surface area contributed by atoms with E-state index in [9.17, 15) is 18.3 Å². The van der Waals surface area contributed by atoms with E-state index in [1.54, 1.807) is 36.4 Å². The maximum Gasteiger partial charge on any atom is 0.146 e. The third-order valence-corrected chi connectivity index (χ3v) is 6.96. The molecule has 6 heteroatoms. The number of aliphatic hydroxyl groups is 1. The molecule has 1 saturated heterocycles. The zero-order valence-electron chi connectivity index (χ0n) is 18.3. The van der Waals surface area contributed by atoms with E-state index in [4.69, 9.17) is 0 Å². The van der Waals surface area contributed by atoms with Gasteiger partial charge >= 0.3 is 0 Å². The zero-order chi connectivity index (χ0) is 22.9. The first-order valence-electron chi connectivity index (χ1n) is 11.5. The third kappa shape index (κ3) is 4.37. The normalized spacial score (nSPS) is 21.0. The first-order chi connectivity index (χ1) is 16.0. The molecule has 0 aromatic heterocycles. The van der Waals surface area contributed by atoms with E-state index < -0.39 is 6.10 Å². The Morgan fingerprint density at radius 3 is 2.45 bits per heavy atom. The minimum atomic E-state index is -0.624. The Morgan fingerprint density at radius 1 is 0.909 bits per heavy atom. The Kier molecular flexibility index (Phi) is 6.13. The van der Waals surface area contributed by atoms with Crippen molar-refractivity contribution in [3.63, 3.8) is 0 Å². The van der Waals surface area contributed by atoms with Crippen molar-refractivity contribution in [1.29, 1.82) is 0 Å². The van der Waals surface area contributed by atoms with Gasteiger partial charge < -0.3 is 14.9 Å². The van der Waals surface area contributed by atoms with Gasteiger partial charge in [0.15, 0.2) is 0 Å². The molecule has 3 aromatic rings. The van der Waals surface area contributed by atoms with E-state index >= 15 is 0 Å². The Labute approximate surface area is 192 Å². The molecule has 2 heterocycles. The van der Waals surface area contributed by atoms with Gasteiger partial charge in [-0.3, -0.25) is 0 Å². The molecule has 0 bridgehead atoms. The van der Waals surface area contributed by atoms with Crippen LogP contribution in [0, 0.1) is 17.5 Å². The van der Waals surface area contributed by atoms with Crippen molar-refractivity contribution in [1.82, 2.24) is 4.90 Å². The quantitative estimate of drug-likeness (QED) is 0.502. The van der Waals surface area contributed by atoms with Crippen LogP contribution in [0.4, 0.5) is 24.5 Å². The molecule has 5 rings (SSSR count). The average Bonchev–Trinajstić information content (AvgIpc) is 3.12. The summed E-state index contributed by atoms with van der Waals surface area (Å²) in [6.45, 7) is 2.43. The summed E-state index contributed by atoms with van der Waals surface area (Å²) in [6, 6.07) is 17.6. The van der Waals surface area contributed by atoms with E-state index in [0.29, 0.717) is 12.1 Å². The summed E-state index contributed by atoms with van der Waals surface area (Å²) in [6.07, 6.45) is 1.60. The van der Waals surface area contributed by atoms with E-state index in [1.807, 2.05) is 11.0 Å². The van der Waals surface area contributed by atoms with E-state index in [0.717, 1.165) is 49.3 Å².